The molecule has 1 spiro atoms. The molecule has 11 heteroatoms. The first-order valence-corrected chi connectivity index (χ1v) is 13.0. The molecule has 11 nitrogen and oxygen atoms in total. The molecule has 0 N–H and O–H groups in total. The third kappa shape index (κ3) is 4.54. The molecule has 0 amide bonds. The Kier molecular flexibility index (Phi) is 7.21. The van der Waals surface area contributed by atoms with E-state index in [4.69, 9.17) is 28.4 Å². The van der Waals surface area contributed by atoms with Crippen molar-refractivity contribution in [2.45, 2.75) is 110 Å². The summed E-state index contributed by atoms with van der Waals surface area (Å²) in [4.78, 5) is 62.8. The molecule has 0 saturated carbocycles. The Labute approximate surface area is 227 Å². The second kappa shape index (κ2) is 9.76. The first-order valence-electron chi connectivity index (χ1n) is 13.0. The van der Waals surface area contributed by atoms with Gasteiger partial charge in [-0.2, -0.15) is 0 Å². The van der Waals surface area contributed by atoms with Crippen LogP contribution in [0.5, 0.6) is 0 Å². The minimum absolute atomic E-state index is 0.120. The SMILES string of the molecule is CC(=O)O[C@H]1C/C(C)=C\[C@@H]2OC(=O)[C@]3(C)O[C@]23[C@@H](OC(C)=O)[C@H]2C(C)=CC[C@H](OC(C)=O)[C@]2(C)[C@H]1OC(C)=O. The molecule has 2 heterocycles. The van der Waals surface area contributed by atoms with Crippen LogP contribution in [0.3, 0.4) is 0 Å². The van der Waals surface area contributed by atoms with Crippen LogP contribution < -0.4 is 0 Å². The van der Waals surface area contributed by atoms with E-state index in [1.165, 1.54) is 27.7 Å². The van der Waals surface area contributed by atoms with Crippen LogP contribution in [0.15, 0.2) is 23.3 Å². The first-order chi connectivity index (χ1) is 18.1. The average molecular weight is 549 g/mol. The van der Waals surface area contributed by atoms with Gasteiger partial charge in [0.05, 0.1) is 5.41 Å². The summed E-state index contributed by atoms with van der Waals surface area (Å²) in [6.45, 7) is 11.9. The van der Waals surface area contributed by atoms with E-state index in [-0.39, 0.29) is 12.8 Å². The summed E-state index contributed by atoms with van der Waals surface area (Å²) >= 11 is 0. The molecule has 2 saturated heterocycles. The van der Waals surface area contributed by atoms with E-state index in [9.17, 15) is 24.0 Å². The Balaban J connectivity index is 2.05. The van der Waals surface area contributed by atoms with Gasteiger partial charge in [-0.05, 0) is 26.8 Å². The number of fused-ring (bicyclic) bond motifs is 1. The van der Waals surface area contributed by atoms with Crippen LogP contribution in [0.1, 0.15) is 68.2 Å². The number of hydrogen-bond donors (Lipinski definition) is 0. The van der Waals surface area contributed by atoms with Gasteiger partial charge in [-0.15, -0.1) is 0 Å². The number of hydrogen-bond acceptors (Lipinski definition) is 11. The van der Waals surface area contributed by atoms with E-state index < -0.39 is 82.9 Å². The molecule has 214 valence electrons. The van der Waals surface area contributed by atoms with Gasteiger partial charge < -0.3 is 28.4 Å². The average Bonchev–Trinajstić information content (AvgIpc) is 3.38. The number of esters is 5. The molecular formula is C28H36O11. The molecule has 2 aliphatic carbocycles. The summed E-state index contributed by atoms with van der Waals surface area (Å²) in [6, 6.07) is 0. The first kappa shape index (κ1) is 28.8. The topological polar surface area (TPSA) is 144 Å². The second-order valence-electron chi connectivity index (χ2n) is 11.3. The molecule has 0 radical (unpaired) electrons. The molecule has 0 unspecified atom stereocenters. The van der Waals surface area contributed by atoms with Crippen molar-refractivity contribution in [1.82, 2.24) is 0 Å². The van der Waals surface area contributed by atoms with Crippen molar-refractivity contribution in [3.63, 3.8) is 0 Å². The van der Waals surface area contributed by atoms with Gasteiger partial charge in [0, 0.05) is 46.5 Å². The lowest BCUT2D eigenvalue weighted by atomic mass is 9.56. The fraction of sp³-hybridized carbons (Fsp3) is 0.679. The molecular weight excluding hydrogens is 512 g/mol. The Morgan fingerprint density at radius 1 is 0.872 bits per heavy atom. The van der Waals surface area contributed by atoms with Crippen LogP contribution in [0.25, 0.3) is 0 Å². The third-order valence-corrected chi connectivity index (χ3v) is 8.48. The third-order valence-electron chi connectivity index (χ3n) is 8.48. The molecule has 0 aromatic rings. The predicted octanol–water partition coefficient (Wildman–Crippen LogP) is 2.49. The van der Waals surface area contributed by atoms with E-state index in [0.717, 1.165) is 5.57 Å². The van der Waals surface area contributed by atoms with Crippen LogP contribution in [0, 0.1) is 11.3 Å². The summed E-state index contributed by atoms with van der Waals surface area (Å²) in [7, 11) is 0. The van der Waals surface area contributed by atoms with E-state index >= 15 is 0 Å². The van der Waals surface area contributed by atoms with Crippen LogP contribution in [-0.4, -0.2) is 71.6 Å². The van der Waals surface area contributed by atoms with Gasteiger partial charge >= 0.3 is 29.8 Å². The maximum Gasteiger partial charge on any atom is 0.342 e. The largest absolute Gasteiger partial charge is 0.461 e. The lowest BCUT2D eigenvalue weighted by Gasteiger charge is -2.54. The number of ether oxygens (including phenoxy) is 6. The van der Waals surface area contributed by atoms with Gasteiger partial charge in [-0.3, -0.25) is 19.2 Å². The van der Waals surface area contributed by atoms with Gasteiger partial charge in [-0.25, -0.2) is 4.79 Å². The molecule has 39 heavy (non-hydrogen) atoms. The number of carbonyl (C=O) groups excluding carboxylic acids is 5. The van der Waals surface area contributed by atoms with Gasteiger partial charge in [0.25, 0.3) is 0 Å². The molecule has 2 aliphatic heterocycles. The van der Waals surface area contributed by atoms with E-state index in [1.807, 2.05) is 13.0 Å². The Morgan fingerprint density at radius 3 is 1.97 bits per heavy atom. The normalized spacial score (nSPS) is 42.1. The zero-order valence-electron chi connectivity index (χ0n) is 23.5. The highest BCUT2D eigenvalue weighted by Gasteiger charge is 2.87. The molecule has 2 fully saturated rings. The van der Waals surface area contributed by atoms with Gasteiger partial charge in [0.15, 0.2) is 17.3 Å². The molecule has 4 aliphatic rings. The van der Waals surface area contributed by atoms with Crippen molar-refractivity contribution >= 4 is 29.8 Å². The minimum atomic E-state index is -1.41. The summed E-state index contributed by atoms with van der Waals surface area (Å²) in [5.74, 6) is -3.86. The molecule has 0 aromatic heterocycles. The molecule has 4 rings (SSSR count). The summed E-state index contributed by atoms with van der Waals surface area (Å²) < 4.78 is 35.4. The van der Waals surface area contributed by atoms with E-state index in [2.05, 4.69) is 0 Å². The molecule has 0 bridgehead atoms. The highest BCUT2D eigenvalue weighted by atomic mass is 16.7. The van der Waals surface area contributed by atoms with Crippen molar-refractivity contribution in [3.05, 3.63) is 23.3 Å². The lowest BCUT2D eigenvalue weighted by Crippen LogP contribution is -2.64. The van der Waals surface area contributed by atoms with Crippen molar-refractivity contribution in [1.29, 1.82) is 0 Å². The molecule has 0 aromatic carbocycles. The number of rotatable bonds is 4. The predicted molar refractivity (Wildman–Crippen MR) is 133 cm³/mol. The van der Waals surface area contributed by atoms with E-state index in [0.29, 0.717) is 5.57 Å². The minimum Gasteiger partial charge on any atom is -0.461 e. The standard InChI is InChI=1S/C28H36O11/c1-13-11-19(34-15(3)29)23(36-17(5)31)26(7)20(35-16(4)30)10-9-14(2)22(26)24(37-18(6)32)28-21(12-13)38-25(33)27(28,8)39-28/h9,12,19-24H,10-11H2,1-8H3/b13-12-/t19-,20-,21-,22+,23-,24-,26-,27-,28-/m0/s1. The number of carbonyl (C=O) groups is 5. The highest BCUT2D eigenvalue weighted by Crippen LogP contribution is 2.65. The quantitative estimate of drug-likeness (QED) is 0.221. The Bertz CT molecular complexity index is 1170. The Morgan fingerprint density at radius 2 is 1.44 bits per heavy atom. The van der Waals surface area contributed by atoms with Crippen LogP contribution in [0.4, 0.5) is 0 Å². The van der Waals surface area contributed by atoms with Crippen LogP contribution >= 0.6 is 0 Å². The molecule has 9 atom stereocenters. The fourth-order valence-electron chi connectivity index (χ4n) is 6.90. The highest BCUT2D eigenvalue weighted by molar-refractivity contribution is 5.89. The summed E-state index contributed by atoms with van der Waals surface area (Å²) in [5, 5.41) is 0. The maximum atomic E-state index is 13.0. The summed E-state index contributed by atoms with van der Waals surface area (Å²) in [5.41, 5.74) is -2.73. The Hall–Kier alpha value is -3.21. The van der Waals surface area contributed by atoms with Crippen LogP contribution in [-0.2, 0) is 52.4 Å². The van der Waals surface area contributed by atoms with Crippen molar-refractivity contribution < 1.29 is 52.4 Å². The van der Waals surface area contributed by atoms with Crippen molar-refractivity contribution in [2.24, 2.45) is 11.3 Å². The summed E-state index contributed by atoms with van der Waals surface area (Å²) in [6.07, 6.45) is -1.15. The van der Waals surface area contributed by atoms with Crippen molar-refractivity contribution in [3.8, 4) is 0 Å². The van der Waals surface area contributed by atoms with Crippen molar-refractivity contribution in [2.75, 3.05) is 0 Å². The second-order valence-corrected chi connectivity index (χ2v) is 11.3. The van der Waals surface area contributed by atoms with E-state index in [1.54, 1.807) is 26.8 Å². The van der Waals surface area contributed by atoms with Gasteiger partial charge in [0.2, 0.25) is 0 Å². The van der Waals surface area contributed by atoms with Gasteiger partial charge in [-0.1, -0.05) is 24.1 Å². The maximum absolute atomic E-state index is 13.0. The zero-order valence-corrected chi connectivity index (χ0v) is 23.5. The zero-order chi connectivity index (χ0) is 29.1. The van der Waals surface area contributed by atoms with Crippen LogP contribution in [0.2, 0.25) is 0 Å². The number of epoxide rings is 1. The smallest absolute Gasteiger partial charge is 0.342 e. The van der Waals surface area contributed by atoms with Gasteiger partial charge in [0.1, 0.15) is 24.4 Å². The fourth-order valence-corrected chi connectivity index (χ4v) is 6.90. The monoisotopic (exact) mass is 548 g/mol. The lowest BCUT2D eigenvalue weighted by molar-refractivity contribution is -0.214.